The average molecular weight is 371 g/mol. The highest BCUT2D eigenvalue weighted by Gasteiger charge is 2.38. The van der Waals surface area contributed by atoms with Gasteiger partial charge in [0.15, 0.2) is 0 Å². The Morgan fingerprint density at radius 2 is 1.78 bits per heavy atom. The van der Waals surface area contributed by atoms with E-state index in [1.165, 1.54) is 24.3 Å². The number of nitrogens with zero attached hydrogens (tertiary/aromatic N) is 2. The minimum absolute atomic E-state index is 0.162. The highest BCUT2D eigenvalue weighted by atomic mass is 19.4. The number of carbonyl (C=O) groups excluding carboxylic acids is 1. The van der Waals surface area contributed by atoms with E-state index in [2.05, 4.69) is 31.8 Å². The zero-order valence-electron chi connectivity index (χ0n) is 13.7. The SMILES string of the molecule is O=C(NCC#Cc1ccccc1)c1ccc(-c2noc(C(F)(F)F)n2)cc1. The van der Waals surface area contributed by atoms with Gasteiger partial charge in [-0.05, 0) is 24.3 Å². The summed E-state index contributed by atoms with van der Waals surface area (Å²) in [6.07, 6.45) is -4.70. The van der Waals surface area contributed by atoms with E-state index in [0.717, 1.165) is 5.56 Å². The van der Waals surface area contributed by atoms with Crippen LogP contribution in [0.4, 0.5) is 13.2 Å². The summed E-state index contributed by atoms with van der Waals surface area (Å²) in [5.41, 5.74) is 1.48. The number of benzene rings is 2. The number of halogens is 3. The molecule has 0 radical (unpaired) electrons. The van der Waals surface area contributed by atoms with Crippen molar-refractivity contribution >= 4 is 5.91 Å². The first-order valence-corrected chi connectivity index (χ1v) is 7.77. The molecule has 3 rings (SSSR count). The highest BCUT2D eigenvalue weighted by Crippen LogP contribution is 2.29. The summed E-state index contributed by atoms with van der Waals surface area (Å²) in [4.78, 5) is 15.4. The summed E-state index contributed by atoms with van der Waals surface area (Å²) < 4.78 is 41.6. The Bertz CT molecular complexity index is 985. The smallest absolute Gasteiger partial charge is 0.341 e. The number of rotatable bonds is 3. The van der Waals surface area contributed by atoms with Gasteiger partial charge >= 0.3 is 12.1 Å². The van der Waals surface area contributed by atoms with Crippen LogP contribution in [0.25, 0.3) is 11.4 Å². The Kier molecular flexibility index (Phi) is 5.22. The van der Waals surface area contributed by atoms with Crippen molar-refractivity contribution in [1.82, 2.24) is 15.5 Å². The molecule has 0 fully saturated rings. The van der Waals surface area contributed by atoms with Crippen LogP contribution >= 0.6 is 0 Å². The third-order valence-electron chi connectivity index (χ3n) is 3.42. The molecular weight excluding hydrogens is 359 g/mol. The minimum Gasteiger partial charge on any atom is -0.341 e. The van der Waals surface area contributed by atoms with Crippen molar-refractivity contribution in [2.45, 2.75) is 6.18 Å². The van der Waals surface area contributed by atoms with Gasteiger partial charge in [-0.15, -0.1) is 0 Å². The van der Waals surface area contributed by atoms with Crippen LogP contribution < -0.4 is 5.32 Å². The van der Waals surface area contributed by atoms with Crippen molar-refractivity contribution in [3.63, 3.8) is 0 Å². The molecule has 5 nitrogen and oxygen atoms in total. The topological polar surface area (TPSA) is 68.0 Å². The second kappa shape index (κ2) is 7.74. The third kappa shape index (κ3) is 4.73. The Morgan fingerprint density at radius 1 is 1.07 bits per heavy atom. The molecule has 0 aliphatic carbocycles. The molecule has 0 unspecified atom stereocenters. The molecule has 136 valence electrons. The summed E-state index contributed by atoms with van der Waals surface area (Å²) in [6.45, 7) is 0.162. The van der Waals surface area contributed by atoms with Crippen LogP contribution in [0.5, 0.6) is 0 Å². The van der Waals surface area contributed by atoms with Gasteiger partial charge in [0.05, 0.1) is 6.54 Å². The van der Waals surface area contributed by atoms with Crippen molar-refractivity contribution in [2.75, 3.05) is 6.54 Å². The largest absolute Gasteiger partial charge is 0.471 e. The lowest BCUT2D eigenvalue weighted by Gasteiger charge is -2.02. The summed E-state index contributed by atoms with van der Waals surface area (Å²) in [6, 6.07) is 15.1. The maximum atomic E-state index is 12.5. The fourth-order valence-electron chi connectivity index (χ4n) is 2.12. The van der Waals surface area contributed by atoms with Gasteiger partial charge in [-0.2, -0.15) is 18.2 Å². The van der Waals surface area contributed by atoms with Crippen molar-refractivity contribution in [3.8, 4) is 23.2 Å². The lowest BCUT2D eigenvalue weighted by atomic mass is 10.1. The van der Waals surface area contributed by atoms with Crippen molar-refractivity contribution in [1.29, 1.82) is 0 Å². The molecular formula is C19H12F3N3O2. The molecule has 27 heavy (non-hydrogen) atoms. The molecule has 0 aliphatic rings. The fourth-order valence-corrected chi connectivity index (χ4v) is 2.12. The van der Waals surface area contributed by atoms with E-state index < -0.39 is 12.1 Å². The monoisotopic (exact) mass is 371 g/mol. The van der Waals surface area contributed by atoms with Crippen LogP contribution in [0.1, 0.15) is 21.8 Å². The molecule has 3 aromatic rings. The van der Waals surface area contributed by atoms with Crippen molar-refractivity contribution in [2.24, 2.45) is 0 Å². The Balaban J connectivity index is 1.61. The molecule has 0 spiro atoms. The van der Waals surface area contributed by atoms with Gasteiger partial charge in [0.25, 0.3) is 5.91 Å². The zero-order chi connectivity index (χ0) is 19.3. The summed E-state index contributed by atoms with van der Waals surface area (Å²) in [5.74, 6) is 3.77. The van der Waals surface area contributed by atoms with E-state index in [9.17, 15) is 18.0 Å². The predicted molar refractivity (Wildman–Crippen MR) is 90.4 cm³/mol. The normalized spacial score (nSPS) is 10.8. The number of hydrogen-bond donors (Lipinski definition) is 1. The number of hydrogen-bond acceptors (Lipinski definition) is 4. The van der Waals surface area contributed by atoms with E-state index >= 15 is 0 Å². The number of alkyl halides is 3. The van der Waals surface area contributed by atoms with Crippen LogP contribution in [0.3, 0.4) is 0 Å². The van der Waals surface area contributed by atoms with Crippen LogP contribution in [0.15, 0.2) is 59.1 Å². The molecule has 1 heterocycles. The molecule has 8 heteroatoms. The van der Waals surface area contributed by atoms with Crippen molar-refractivity contribution < 1.29 is 22.5 Å². The molecule has 0 saturated carbocycles. The quantitative estimate of drug-likeness (QED) is 0.715. The third-order valence-corrected chi connectivity index (χ3v) is 3.42. The van der Waals surface area contributed by atoms with Crippen LogP contribution in [0, 0.1) is 11.8 Å². The molecule has 0 bridgehead atoms. The van der Waals surface area contributed by atoms with Gasteiger partial charge < -0.3 is 9.84 Å². The molecule has 0 atom stereocenters. The molecule has 1 aromatic heterocycles. The maximum absolute atomic E-state index is 12.5. The van der Waals surface area contributed by atoms with Crippen LogP contribution in [0.2, 0.25) is 0 Å². The second-order valence-corrected chi connectivity index (χ2v) is 5.35. The van der Waals surface area contributed by atoms with E-state index in [4.69, 9.17) is 0 Å². The number of carbonyl (C=O) groups is 1. The molecule has 0 aliphatic heterocycles. The van der Waals surface area contributed by atoms with Gasteiger partial charge in [0, 0.05) is 16.7 Å². The molecule has 2 aromatic carbocycles. The fraction of sp³-hybridized carbons (Fsp3) is 0.105. The zero-order valence-corrected chi connectivity index (χ0v) is 13.7. The lowest BCUT2D eigenvalue weighted by Crippen LogP contribution is -2.23. The number of amides is 1. The Hall–Kier alpha value is -3.60. The van der Waals surface area contributed by atoms with E-state index in [1.807, 2.05) is 30.3 Å². The molecule has 0 saturated heterocycles. The number of nitrogens with one attached hydrogen (secondary N) is 1. The van der Waals surface area contributed by atoms with Crippen LogP contribution in [-0.4, -0.2) is 22.6 Å². The summed E-state index contributed by atoms with van der Waals surface area (Å²) >= 11 is 0. The van der Waals surface area contributed by atoms with Gasteiger partial charge in [-0.3, -0.25) is 4.79 Å². The Morgan fingerprint density at radius 3 is 2.41 bits per heavy atom. The first-order valence-electron chi connectivity index (χ1n) is 7.77. The van der Waals surface area contributed by atoms with Crippen molar-refractivity contribution in [3.05, 3.63) is 71.6 Å². The number of aromatic nitrogens is 2. The minimum atomic E-state index is -4.70. The highest BCUT2D eigenvalue weighted by molar-refractivity contribution is 5.94. The lowest BCUT2D eigenvalue weighted by molar-refractivity contribution is -0.159. The molecule has 1 amide bonds. The van der Waals surface area contributed by atoms with E-state index in [1.54, 1.807) is 0 Å². The second-order valence-electron chi connectivity index (χ2n) is 5.35. The van der Waals surface area contributed by atoms with Gasteiger partial charge in [0.2, 0.25) is 5.82 Å². The van der Waals surface area contributed by atoms with Gasteiger partial charge in [-0.1, -0.05) is 47.3 Å². The summed E-state index contributed by atoms with van der Waals surface area (Å²) in [5, 5.41) is 5.93. The standard InChI is InChI=1S/C19H12F3N3O2/c20-19(21,22)18-24-16(25-27-18)14-8-10-15(11-9-14)17(26)23-12-4-7-13-5-2-1-3-6-13/h1-3,5-6,8-11H,12H2,(H,23,26). The van der Waals surface area contributed by atoms with Gasteiger partial charge in [0.1, 0.15) is 0 Å². The Labute approximate surface area is 152 Å². The van der Waals surface area contributed by atoms with Gasteiger partial charge in [-0.25, -0.2) is 0 Å². The maximum Gasteiger partial charge on any atom is 0.471 e. The average Bonchev–Trinajstić information content (AvgIpc) is 3.17. The summed E-state index contributed by atoms with van der Waals surface area (Å²) in [7, 11) is 0. The first kappa shape index (κ1) is 18.2. The predicted octanol–water partition coefficient (Wildman–Crippen LogP) is 3.54. The molecule has 1 N–H and O–H groups in total. The first-order chi connectivity index (χ1) is 12.9. The van der Waals surface area contributed by atoms with E-state index in [0.29, 0.717) is 11.1 Å². The van der Waals surface area contributed by atoms with Crippen LogP contribution in [-0.2, 0) is 6.18 Å². The van der Waals surface area contributed by atoms with E-state index in [-0.39, 0.29) is 18.3 Å².